The Balaban J connectivity index is 1.61. The molecule has 5 nitrogen and oxygen atoms in total. The first-order chi connectivity index (χ1) is 11.6. The van der Waals surface area contributed by atoms with E-state index in [4.69, 9.17) is 11.6 Å². The van der Waals surface area contributed by atoms with Crippen LogP contribution in [-0.4, -0.2) is 21.9 Å². The van der Waals surface area contributed by atoms with Gasteiger partial charge in [-0.05, 0) is 31.0 Å². The molecule has 0 unspecified atom stereocenters. The Hall–Kier alpha value is -2.21. The highest BCUT2D eigenvalue weighted by Gasteiger charge is 2.17. The van der Waals surface area contributed by atoms with Crippen LogP contribution in [0.3, 0.4) is 0 Å². The first kappa shape index (κ1) is 16.6. The van der Waals surface area contributed by atoms with Crippen molar-refractivity contribution in [3.8, 4) is 0 Å². The Morgan fingerprint density at radius 2 is 1.88 bits per heavy atom. The van der Waals surface area contributed by atoms with Crippen molar-refractivity contribution in [1.29, 1.82) is 0 Å². The maximum atomic E-state index is 13.1. The van der Waals surface area contributed by atoms with Crippen molar-refractivity contribution >= 4 is 29.1 Å². The van der Waals surface area contributed by atoms with Crippen molar-refractivity contribution in [2.45, 2.75) is 38.1 Å². The van der Waals surface area contributed by atoms with Crippen molar-refractivity contribution in [2.24, 2.45) is 0 Å². The summed E-state index contributed by atoms with van der Waals surface area (Å²) in [5, 5.41) is 5.95. The Morgan fingerprint density at radius 3 is 2.54 bits per heavy atom. The van der Waals surface area contributed by atoms with Crippen molar-refractivity contribution in [2.75, 3.05) is 5.32 Å². The van der Waals surface area contributed by atoms with E-state index in [0.717, 1.165) is 25.7 Å². The molecule has 1 heterocycles. The Bertz CT molecular complexity index is 717. The third-order valence-electron chi connectivity index (χ3n) is 4.03. The van der Waals surface area contributed by atoms with Crippen molar-refractivity contribution in [3.63, 3.8) is 0 Å². The van der Waals surface area contributed by atoms with E-state index in [1.807, 2.05) is 0 Å². The van der Waals surface area contributed by atoms with E-state index in [0.29, 0.717) is 17.2 Å². The third-order valence-corrected chi connectivity index (χ3v) is 4.32. The van der Waals surface area contributed by atoms with E-state index in [-0.39, 0.29) is 17.0 Å². The molecule has 2 aromatic rings. The van der Waals surface area contributed by atoms with Gasteiger partial charge in [0.2, 0.25) is 5.95 Å². The summed E-state index contributed by atoms with van der Waals surface area (Å²) < 4.78 is 13.1. The molecule has 3 rings (SSSR count). The van der Waals surface area contributed by atoms with E-state index in [2.05, 4.69) is 20.6 Å². The summed E-state index contributed by atoms with van der Waals surface area (Å²) in [6.45, 7) is 0. The fourth-order valence-electron chi connectivity index (χ4n) is 2.73. The number of nitrogens with one attached hydrogen (secondary N) is 2. The average molecular weight is 349 g/mol. The van der Waals surface area contributed by atoms with E-state index in [1.54, 1.807) is 0 Å². The van der Waals surface area contributed by atoms with Gasteiger partial charge >= 0.3 is 0 Å². The highest BCUT2D eigenvalue weighted by Crippen LogP contribution is 2.21. The van der Waals surface area contributed by atoms with Gasteiger partial charge in [-0.1, -0.05) is 30.9 Å². The lowest BCUT2D eigenvalue weighted by atomic mass is 9.95. The van der Waals surface area contributed by atoms with Gasteiger partial charge in [0.15, 0.2) is 0 Å². The topological polar surface area (TPSA) is 66.9 Å². The minimum Gasteiger partial charge on any atom is -0.349 e. The number of nitrogens with zero attached hydrogens (tertiary/aromatic N) is 2. The summed E-state index contributed by atoms with van der Waals surface area (Å²) in [7, 11) is 0. The number of carbonyl (C=O) groups is 1. The molecule has 1 aliphatic rings. The molecule has 1 amide bonds. The molecule has 1 aliphatic carbocycles. The van der Waals surface area contributed by atoms with Gasteiger partial charge in [-0.2, -0.15) is 0 Å². The highest BCUT2D eigenvalue weighted by atomic mass is 35.5. The summed E-state index contributed by atoms with van der Waals surface area (Å²) in [5.41, 5.74) is 0.990. The number of rotatable bonds is 4. The number of anilines is 2. The molecule has 0 bridgehead atoms. The van der Waals surface area contributed by atoms with Crippen molar-refractivity contribution in [3.05, 3.63) is 47.0 Å². The van der Waals surface area contributed by atoms with Crippen LogP contribution in [0.2, 0.25) is 5.02 Å². The molecule has 1 aromatic carbocycles. The van der Waals surface area contributed by atoms with Crippen LogP contribution in [0, 0.1) is 5.82 Å². The van der Waals surface area contributed by atoms with E-state index < -0.39 is 5.82 Å². The summed E-state index contributed by atoms with van der Waals surface area (Å²) in [6.07, 6.45) is 8.55. The SMILES string of the molecule is O=C(NC1CCCCC1)c1cnc(Nc2ccc(F)c(Cl)c2)nc1. The van der Waals surface area contributed by atoms with Gasteiger partial charge in [-0.15, -0.1) is 0 Å². The second-order valence-corrected chi connectivity index (χ2v) is 6.26. The summed E-state index contributed by atoms with van der Waals surface area (Å²) >= 11 is 5.73. The molecule has 2 N–H and O–H groups in total. The van der Waals surface area contributed by atoms with E-state index >= 15 is 0 Å². The molecule has 1 saturated carbocycles. The maximum Gasteiger partial charge on any atom is 0.254 e. The predicted molar refractivity (Wildman–Crippen MR) is 91.1 cm³/mol. The number of carbonyl (C=O) groups excluding carboxylic acids is 1. The third kappa shape index (κ3) is 4.20. The van der Waals surface area contributed by atoms with Gasteiger partial charge in [0.05, 0.1) is 10.6 Å². The molecule has 1 fully saturated rings. The van der Waals surface area contributed by atoms with Crippen LogP contribution in [-0.2, 0) is 0 Å². The monoisotopic (exact) mass is 348 g/mol. The van der Waals surface area contributed by atoms with Gasteiger partial charge in [-0.25, -0.2) is 14.4 Å². The first-order valence-corrected chi connectivity index (χ1v) is 8.34. The summed E-state index contributed by atoms with van der Waals surface area (Å²) in [6, 6.07) is 4.49. The van der Waals surface area contributed by atoms with Crippen LogP contribution in [0.25, 0.3) is 0 Å². The number of halogens is 2. The molecule has 0 atom stereocenters. The molecule has 24 heavy (non-hydrogen) atoms. The normalized spacial score (nSPS) is 15.1. The summed E-state index contributed by atoms with van der Waals surface area (Å²) in [5.74, 6) is -0.331. The second-order valence-electron chi connectivity index (χ2n) is 5.86. The standard InChI is InChI=1S/C17H18ClFN4O/c18-14-8-13(6-7-15(14)19)23-17-20-9-11(10-21-17)16(24)22-12-4-2-1-3-5-12/h6-10,12H,1-5H2,(H,22,24)(H,20,21,23). The molecule has 7 heteroatoms. The molecule has 0 spiro atoms. The Morgan fingerprint density at radius 1 is 1.17 bits per heavy atom. The van der Waals surface area contributed by atoms with Gasteiger partial charge in [0.25, 0.3) is 5.91 Å². The first-order valence-electron chi connectivity index (χ1n) is 7.97. The number of hydrogen-bond acceptors (Lipinski definition) is 4. The van der Waals surface area contributed by atoms with E-state index in [9.17, 15) is 9.18 Å². The highest BCUT2D eigenvalue weighted by molar-refractivity contribution is 6.31. The second kappa shape index (κ2) is 7.57. The molecule has 1 aromatic heterocycles. The fraction of sp³-hybridized carbons (Fsp3) is 0.353. The smallest absolute Gasteiger partial charge is 0.254 e. The molecule has 0 radical (unpaired) electrons. The van der Waals surface area contributed by atoms with Crippen LogP contribution in [0.5, 0.6) is 0 Å². The zero-order valence-electron chi connectivity index (χ0n) is 13.1. The molecule has 0 aliphatic heterocycles. The summed E-state index contributed by atoms with van der Waals surface area (Å²) in [4.78, 5) is 20.4. The van der Waals surface area contributed by atoms with Crippen LogP contribution >= 0.6 is 11.6 Å². The van der Waals surface area contributed by atoms with Gasteiger partial charge in [0, 0.05) is 24.1 Å². The van der Waals surface area contributed by atoms with Crippen molar-refractivity contribution in [1.82, 2.24) is 15.3 Å². The lowest BCUT2D eigenvalue weighted by molar-refractivity contribution is 0.0927. The quantitative estimate of drug-likeness (QED) is 0.873. The molecular formula is C17H18ClFN4O. The van der Waals surface area contributed by atoms with Crippen LogP contribution in [0.1, 0.15) is 42.5 Å². The predicted octanol–water partition coefficient (Wildman–Crippen LogP) is 4.08. The lowest BCUT2D eigenvalue weighted by Crippen LogP contribution is -2.36. The number of benzene rings is 1. The largest absolute Gasteiger partial charge is 0.349 e. The van der Waals surface area contributed by atoms with Gasteiger partial charge in [0.1, 0.15) is 5.82 Å². The fourth-order valence-corrected chi connectivity index (χ4v) is 2.91. The Kier molecular flexibility index (Phi) is 5.25. The maximum absolute atomic E-state index is 13.1. The van der Waals surface area contributed by atoms with Crippen LogP contribution in [0.4, 0.5) is 16.0 Å². The molecular weight excluding hydrogens is 331 g/mol. The van der Waals surface area contributed by atoms with Crippen molar-refractivity contribution < 1.29 is 9.18 Å². The molecule has 0 saturated heterocycles. The number of aromatic nitrogens is 2. The number of amides is 1. The zero-order chi connectivity index (χ0) is 16.9. The lowest BCUT2D eigenvalue weighted by Gasteiger charge is -2.22. The Labute approximate surface area is 144 Å². The average Bonchev–Trinajstić information content (AvgIpc) is 2.60. The number of hydrogen-bond donors (Lipinski definition) is 2. The minimum absolute atomic E-state index is 0.0171. The van der Waals surface area contributed by atoms with Crippen LogP contribution < -0.4 is 10.6 Å². The minimum atomic E-state index is -0.488. The zero-order valence-corrected chi connectivity index (χ0v) is 13.8. The molecule has 126 valence electrons. The van der Waals surface area contributed by atoms with Gasteiger partial charge in [-0.3, -0.25) is 4.79 Å². The van der Waals surface area contributed by atoms with Crippen LogP contribution in [0.15, 0.2) is 30.6 Å². The van der Waals surface area contributed by atoms with Gasteiger partial charge < -0.3 is 10.6 Å². The van der Waals surface area contributed by atoms with E-state index in [1.165, 1.54) is 37.0 Å².